The highest BCUT2D eigenvalue weighted by Crippen LogP contribution is 2.27. The smallest absolute Gasteiger partial charge is 0.339 e. The van der Waals surface area contributed by atoms with Crippen molar-refractivity contribution < 1.29 is 19.1 Å². The number of ether oxygens (including phenoxy) is 2. The van der Waals surface area contributed by atoms with Crippen molar-refractivity contribution in [2.45, 2.75) is 45.2 Å². The molecule has 1 aliphatic heterocycles. The fraction of sp³-hybridized carbons (Fsp3) is 0.346. The summed E-state index contributed by atoms with van der Waals surface area (Å²) < 4.78 is 10.7. The summed E-state index contributed by atoms with van der Waals surface area (Å²) in [6.45, 7) is 3.84. The minimum atomic E-state index is -0.524. The highest BCUT2D eigenvalue weighted by atomic mass is 16.5. The molecule has 0 N–H and O–H groups in total. The summed E-state index contributed by atoms with van der Waals surface area (Å²) in [6.07, 6.45) is 3.07. The van der Waals surface area contributed by atoms with E-state index in [1.54, 1.807) is 13.2 Å². The van der Waals surface area contributed by atoms with E-state index in [9.17, 15) is 9.59 Å². The van der Waals surface area contributed by atoms with E-state index in [1.165, 1.54) is 0 Å². The summed E-state index contributed by atoms with van der Waals surface area (Å²) in [6, 6.07) is 17.0. The highest BCUT2D eigenvalue weighted by molar-refractivity contribution is 6.05. The lowest BCUT2D eigenvalue weighted by Gasteiger charge is -2.38. The van der Waals surface area contributed by atoms with Crippen LogP contribution in [0.4, 0.5) is 0 Å². The van der Waals surface area contributed by atoms with E-state index in [2.05, 4.69) is 0 Å². The van der Waals surface area contributed by atoms with Gasteiger partial charge in [-0.15, -0.1) is 0 Å². The lowest BCUT2D eigenvalue weighted by Crippen LogP contribution is -2.49. The Kier molecular flexibility index (Phi) is 6.40. The number of methoxy groups -OCH3 is 1. The van der Waals surface area contributed by atoms with Crippen LogP contribution in [-0.4, -0.2) is 47.6 Å². The SMILES string of the molecule is COc1ccc(-c2cc(C(=O)OCC(=O)N3[C@H](C)CCC[C@H]3C)c3ccccc3n2)cc1. The maximum absolute atomic E-state index is 13.1. The molecule has 3 aromatic rings. The average molecular weight is 433 g/mol. The van der Waals surface area contributed by atoms with Crippen LogP contribution in [0.1, 0.15) is 43.5 Å². The molecular formula is C26H28N2O4. The molecule has 32 heavy (non-hydrogen) atoms. The molecule has 1 fully saturated rings. The van der Waals surface area contributed by atoms with Crippen molar-refractivity contribution in [1.29, 1.82) is 0 Å². The number of benzene rings is 2. The topological polar surface area (TPSA) is 68.7 Å². The average Bonchev–Trinajstić information content (AvgIpc) is 2.81. The molecule has 4 rings (SSSR count). The van der Waals surface area contributed by atoms with Gasteiger partial charge in [0.1, 0.15) is 5.75 Å². The normalized spacial score (nSPS) is 18.4. The first-order chi connectivity index (χ1) is 15.5. The van der Waals surface area contributed by atoms with Gasteiger partial charge in [0, 0.05) is 23.0 Å². The van der Waals surface area contributed by atoms with Gasteiger partial charge in [-0.2, -0.15) is 0 Å². The number of hydrogen-bond acceptors (Lipinski definition) is 5. The second kappa shape index (κ2) is 9.39. The van der Waals surface area contributed by atoms with Gasteiger partial charge >= 0.3 is 5.97 Å². The van der Waals surface area contributed by atoms with E-state index in [-0.39, 0.29) is 24.6 Å². The number of nitrogens with zero attached hydrogens (tertiary/aromatic N) is 2. The molecule has 6 nitrogen and oxygen atoms in total. The number of likely N-dealkylation sites (tertiary alicyclic amines) is 1. The summed E-state index contributed by atoms with van der Waals surface area (Å²) in [7, 11) is 1.62. The van der Waals surface area contributed by atoms with Gasteiger partial charge in [-0.25, -0.2) is 9.78 Å². The van der Waals surface area contributed by atoms with Crippen LogP contribution in [-0.2, 0) is 9.53 Å². The maximum atomic E-state index is 13.1. The van der Waals surface area contributed by atoms with Crippen LogP contribution in [0.2, 0.25) is 0 Å². The van der Waals surface area contributed by atoms with Gasteiger partial charge in [-0.05, 0) is 69.5 Å². The molecule has 1 amide bonds. The third kappa shape index (κ3) is 4.44. The number of pyridine rings is 1. The molecular weight excluding hydrogens is 404 g/mol. The van der Waals surface area contributed by atoms with Crippen molar-refractivity contribution in [2.75, 3.05) is 13.7 Å². The number of carbonyl (C=O) groups is 2. The van der Waals surface area contributed by atoms with E-state index < -0.39 is 5.97 Å². The second-order valence-corrected chi connectivity index (χ2v) is 8.31. The molecule has 0 aliphatic carbocycles. The Hall–Kier alpha value is -3.41. The molecule has 0 unspecified atom stereocenters. The van der Waals surface area contributed by atoms with E-state index in [4.69, 9.17) is 14.5 Å². The van der Waals surface area contributed by atoms with Crippen LogP contribution < -0.4 is 4.74 Å². The van der Waals surface area contributed by atoms with Gasteiger partial charge in [0.2, 0.25) is 0 Å². The number of hydrogen-bond donors (Lipinski definition) is 0. The van der Waals surface area contributed by atoms with Crippen LogP contribution in [0.3, 0.4) is 0 Å². The van der Waals surface area contributed by atoms with Crippen molar-refractivity contribution in [3.63, 3.8) is 0 Å². The predicted octanol–water partition coefficient (Wildman–Crippen LogP) is 4.86. The standard InChI is InChI=1S/C26H28N2O4/c1-17-7-6-8-18(2)28(17)25(29)16-32-26(30)22-15-24(19-11-13-20(31-3)14-12-19)27-23-10-5-4-9-21(22)23/h4-5,9-15,17-18H,6-8,16H2,1-3H3/t17-,18-/m1/s1. The monoisotopic (exact) mass is 432 g/mol. The minimum absolute atomic E-state index is 0.146. The molecule has 2 heterocycles. The number of esters is 1. The van der Waals surface area contributed by atoms with Crippen LogP contribution in [0.25, 0.3) is 22.2 Å². The molecule has 2 atom stereocenters. The number of rotatable bonds is 5. The second-order valence-electron chi connectivity index (χ2n) is 8.31. The zero-order valence-electron chi connectivity index (χ0n) is 18.7. The number of amides is 1. The van der Waals surface area contributed by atoms with Crippen LogP contribution >= 0.6 is 0 Å². The summed E-state index contributed by atoms with van der Waals surface area (Å²) >= 11 is 0. The first-order valence-corrected chi connectivity index (χ1v) is 11.0. The zero-order valence-corrected chi connectivity index (χ0v) is 18.7. The number of para-hydroxylation sites is 1. The van der Waals surface area contributed by atoms with E-state index in [1.807, 2.05) is 67.3 Å². The van der Waals surface area contributed by atoms with Gasteiger partial charge in [0.25, 0.3) is 5.91 Å². The zero-order chi connectivity index (χ0) is 22.7. The van der Waals surface area contributed by atoms with Crippen molar-refractivity contribution in [3.8, 4) is 17.0 Å². The summed E-state index contributed by atoms with van der Waals surface area (Å²) in [5.74, 6) is 0.0738. The molecule has 0 radical (unpaired) electrons. The van der Waals surface area contributed by atoms with Gasteiger partial charge in [0.05, 0.1) is 23.9 Å². The minimum Gasteiger partial charge on any atom is -0.497 e. The van der Waals surface area contributed by atoms with Crippen LogP contribution in [0, 0.1) is 0 Å². The van der Waals surface area contributed by atoms with E-state index in [0.717, 1.165) is 30.6 Å². The largest absolute Gasteiger partial charge is 0.497 e. The summed E-state index contributed by atoms with van der Waals surface area (Å²) in [4.78, 5) is 32.4. The Labute approximate surface area is 188 Å². The Morgan fingerprint density at radius 1 is 1.03 bits per heavy atom. The molecule has 0 spiro atoms. The quantitative estimate of drug-likeness (QED) is 0.539. The lowest BCUT2D eigenvalue weighted by atomic mass is 9.97. The van der Waals surface area contributed by atoms with Crippen molar-refractivity contribution in [3.05, 3.63) is 60.2 Å². The first-order valence-electron chi connectivity index (χ1n) is 11.0. The van der Waals surface area contributed by atoms with Crippen molar-refractivity contribution in [1.82, 2.24) is 9.88 Å². The predicted molar refractivity (Wildman–Crippen MR) is 124 cm³/mol. The molecule has 1 aliphatic rings. The molecule has 0 saturated carbocycles. The number of piperidine rings is 1. The molecule has 1 saturated heterocycles. The molecule has 2 aromatic carbocycles. The third-order valence-electron chi connectivity index (χ3n) is 6.13. The lowest BCUT2D eigenvalue weighted by molar-refractivity contribution is -0.140. The number of aromatic nitrogens is 1. The van der Waals surface area contributed by atoms with Crippen LogP contribution in [0.5, 0.6) is 5.75 Å². The van der Waals surface area contributed by atoms with Gasteiger partial charge in [-0.3, -0.25) is 4.79 Å². The summed E-state index contributed by atoms with van der Waals surface area (Å²) in [5, 5.41) is 0.696. The molecule has 166 valence electrons. The Morgan fingerprint density at radius 3 is 2.41 bits per heavy atom. The summed E-state index contributed by atoms with van der Waals surface area (Å²) in [5.41, 5.74) is 2.60. The van der Waals surface area contributed by atoms with Gasteiger partial charge < -0.3 is 14.4 Å². The van der Waals surface area contributed by atoms with Crippen molar-refractivity contribution >= 4 is 22.8 Å². The molecule has 0 bridgehead atoms. The van der Waals surface area contributed by atoms with E-state index >= 15 is 0 Å². The van der Waals surface area contributed by atoms with Gasteiger partial charge in [0.15, 0.2) is 6.61 Å². The number of carbonyl (C=O) groups excluding carboxylic acids is 2. The van der Waals surface area contributed by atoms with Crippen LogP contribution in [0.15, 0.2) is 54.6 Å². The Bertz CT molecular complexity index is 1120. The highest BCUT2D eigenvalue weighted by Gasteiger charge is 2.29. The molecule has 6 heteroatoms. The van der Waals surface area contributed by atoms with Crippen molar-refractivity contribution in [2.24, 2.45) is 0 Å². The van der Waals surface area contributed by atoms with E-state index in [0.29, 0.717) is 22.2 Å². The Morgan fingerprint density at radius 2 is 1.72 bits per heavy atom. The first kappa shape index (κ1) is 21.8. The fourth-order valence-electron chi connectivity index (χ4n) is 4.45. The number of fused-ring (bicyclic) bond motifs is 1. The fourth-order valence-corrected chi connectivity index (χ4v) is 4.45. The third-order valence-corrected chi connectivity index (χ3v) is 6.13. The van der Waals surface area contributed by atoms with Gasteiger partial charge in [-0.1, -0.05) is 18.2 Å². The molecule has 1 aromatic heterocycles. The Balaban J connectivity index is 1.59. The maximum Gasteiger partial charge on any atom is 0.339 e.